The summed E-state index contributed by atoms with van der Waals surface area (Å²) < 4.78 is 39.0. The van der Waals surface area contributed by atoms with E-state index in [0.717, 1.165) is 22.7 Å². The van der Waals surface area contributed by atoms with E-state index in [4.69, 9.17) is 9.47 Å². The maximum absolute atomic E-state index is 12.8. The molecule has 0 atom stereocenters. The standard InChI is InChI=1S/C19H17N3O6S2/c23-22(24)15-9-16-17(28-8-4-7-27-16)10-18(15)30(25,26)20-11-14-12-29-19(21-14)13-5-2-1-3-6-13/h1-3,5-6,9-10,12,20H,4,7-8,11H2. The summed E-state index contributed by atoms with van der Waals surface area (Å²) in [6.45, 7) is 0.568. The number of nitro groups is 1. The van der Waals surface area contributed by atoms with Crippen molar-refractivity contribution in [2.24, 2.45) is 0 Å². The number of nitrogens with zero attached hydrogens (tertiary/aromatic N) is 2. The van der Waals surface area contributed by atoms with Crippen molar-refractivity contribution in [2.75, 3.05) is 13.2 Å². The van der Waals surface area contributed by atoms with Gasteiger partial charge in [0.25, 0.3) is 5.69 Å². The number of thiazole rings is 1. The highest BCUT2D eigenvalue weighted by Gasteiger charge is 2.30. The number of fused-ring (bicyclic) bond motifs is 1. The quantitative estimate of drug-likeness (QED) is 0.454. The van der Waals surface area contributed by atoms with Crippen LogP contribution in [0, 0.1) is 10.1 Å². The summed E-state index contributed by atoms with van der Waals surface area (Å²) in [4.78, 5) is 14.7. The van der Waals surface area contributed by atoms with Crippen LogP contribution in [-0.4, -0.2) is 31.5 Å². The van der Waals surface area contributed by atoms with Gasteiger partial charge in [-0.25, -0.2) is 18.1 Å². The van der Waals surface area contributed by atoms with Gasteiger partial charge >= 0.3 is 0 Å². The molecule has 0 saturated heterocycles. The zero-order valence-corrected chi connectivity index (χ0v) is 17.2. The van der Waals surface area contributed by atoms with Gasteiger partial charge < -0.3 is 9.47 Å². The summed E-state index contributed by atoms with van der Waals surface area (Å²) in [7, 11) is -4.20. The van der Waals surface area contributed by atoms with Crippen molar-refractivity contribution in [3.05, 3.63) is 63.7 Å². The summed E-state index contributed by atoms with van der Waals surface area (Å²) in [5.41, 5.74) is 0.865. The van der Waals surface area contributed by atoms with Crippen LogP contribution >= 0.6 is 11.3 Å². The van der Waals surface area contributed by atoms with Crippen molar-refractivity contribution >= 4 is 27.0 Å². The average Bonchev–Trinajstić information content (AvgIpc) is 3.10. The topological polar surface area (TPSA) is 121 Å². The Morgan fingerprint density at radius 3 is 2.53 bits per heavy atom. The Balaban J connectivity index is 1.59. The third kappa shape index (κ3) is 4.27. The molecule has 0 amide bonds. The Labute approximate surface area is 176 Å². The summed E-state index contributed by atoms with van der Waals surface area (Å²) in [5.74, 6) is 0.323. The third-order valence-electron chi connectivity index (χ3n) is 4.33. The molecule has 0 saturated carbocycles. The smallest absolute Gasteiger partial charge is 0.293 e. The van der Waals surface area contributed by atoms with Crippen LogP contribution in [0.5, 0.6) is 11.5 Å². The van der Waals surface area contributed by atoms with Crippen LogP contribution in [-0.2, 0) is 16.6 Å². The van der Waals surface area contributed by atoms with Gasteiger partial charge in [-0.05, 0) is 0 Å². The van der Waals surface area contributed by atoms with Crippen LogP contribution < -0.4 is 14.2 Å². The highest BCUT2D eigenvalue weighted by molar-refractivity contribution is 7.89. The fourth-order valence-electron chi connectivity index (χ4n) is 2.89. The van der Waals surface area contributed by atoms with Crippen LogP contribution in [0.25, 0.3) is 10.6 Å². The fraction of sp³-hybridized carbons (Fsp3) is 0.211. The molecule has 11 heteroatoms. The maximum Gasteiger partial charge on any atom is 0.293 e. The Morgan fingerprint density at radius 2 is 1.83 bits per heavy atom. The minimum atomic E-state index is -4.20. The molecule has 0 unspecified atom stereocenters. The number of rotatable bonds is 6. The predicted octanol–water partition coefficient (Wildman–Crippen LogP) is 3.36. The lowest BCUT2D eigenvalue weighted by molar-refractivity contribution is -0.387. The monoisotopic (exact) mass is 447 g/mol. The fourth-order valence-corrected chi connectivity index (χ4v) is 4.88. The second-order valence-electron chi connectivity index (χ2n) is 6.41. The van der Waals surface area contributed by atoms with Gasteiger partial charge in [0.05, 0.1) is 36.4 Å². The lowest BCUT2D eigenvalue weighted by Crippen LogP contribution is -2.24. The number of nitrogens with one attached hydrogen (secondary N) is 1. The number of aromatic nitrogens is 1. The van der Waals surface area contributed by atoms with Crippen molar-refractivity contribution in [2.45, 2.75) is 17.9 Å². The first-order chi connectivity index (χ1) is 14.4. The van der Waals surface area contributed by atoms with Crippen LogP contribution in [0.15, 0.2) is 52.7 Å². The zero-order valence-electron chi connectivity index (χ0n) is 15.6. The summed E-state index contributed by atoms with van der Waals surface area (Å²) in [5, 5.41) is 14.0. The Kier molecular flexibility index (Phi) is 5.66. The van der Waals surface area contributed by atoms with Gasteiger partial charge in [0.2, 0.25) is 10.0 Å². The van der Waals surface area contributed by atoms with Gasteiger partial charge in [-0.1, -0.05) is 30.3 Å². The molecule has 0 fully saturated rings. The van der Waals surface area contributed by atoms with Crippen LogP contribution in [0.2, 0.25) is 0 Å². The van der Waals surface area contributed by atoms with Crippen molar-refractivity contribution < 1.29 is 22.8 Å². The second kappa shape index (κ2) is 8.38. The minimum Gasteiger partial charge on any atom is -0.490 e. The average molecular weight is 447 g/mol. The molecule has 1 aliphatic heterocycles. The Hall–Kier alpha value is -3.02. The van der Waals surface area contributed by atoms with Crippen molar-refractivity contribution in [1.29, 1.82) is 0 Å². The molecule has 1 N–H and O–H groups in total. The van der Waals surface area contributed by atoms with E-state index in [1.54, 1.807) is 5.38 Å². The lowest BCUT2D eigenvalue weighted by atomic mass is 10.2. The molecule has 4 rings (SSSR count). The number of ether oxygens (including phenoxy) is 2. The molecule has 2 aromatic carbocycles. The maximum atomic E-state index is 12.8. The number of hydrogen-bond acceptors (Lipinski definition) is 8. The van der Waals surface area contributed by atoms with Gasteiger partial charge in [0.1, 0.15) is 5.01 Å². The van der Waals surface area contributed by atoms with E-state index in [2.05, 4.69) is 9.71 Å². The first-order valence-corrected chi connectivity index (χ1v) is 11.4. The number of sulfonamides is 1. The molecule has 0 aliphatic carbocycles. The van der Waals surface area contributed by atoms with E-state index in [1.807, 2.05) is 30.3 Å². The largest absolute Gasteiger partial charge is 0.490 e. The van der Waals surface area contributed by atoms with Gasteiger partial charge in [-0.2, -0.15) is 0 Å². The van der Waals surface area contributed by atoms with Gasteiger partial charge in [-0.3, -0.25) is 10.1 Å². The molecule has 9 nitrogen and oxygen atoms in total. The van der Waals surface area contributed by atoms with E-state index in [0.29, 0.717) is 25.3 Å². The highest BCUT2D eigenvalue weighted by Crippen LogP contribution is 2.38. The molecule has 3 aromatic rings. The molecule has 30 heavy (non-hydrogen) atoms. The van der Waals surface area contributed by atoms with Crippen molar-refractivity contribution in [1.82, 2.24) is 9.71 Å². The van der Waals surface area contributed by atoms with Crippen molar-refractivity contribution in [3.8, 4) is 22.1 Å². The van der Waals surface area contributed by atoms with E-state index >= 15 is 0 Å². The van der Waals surface area contributed by atoms with Gasteiger partial charge in [-0.15, -0.1) is 11.3 Å². The highest BCUT2D eigenvalue weighted by atomic mass is 32.2. The van der Waals surface area contributed by atoms with E-state index < -0.39 is 25.5 Å². The second-order valence-corrected chi connectivity index (χ2v) is 9.00. The molecule has 0 bridgehead atoms. The number of hydrogen-bond donors (Lipinski definition) is 1. The summed E-state index contributed by atoms with van der Waals surface area (Å²) >= 11 is 1.39. The van der Waals surface area contributed by atoms with E-state index in [9.17, 15) is 18.5 Å². The predicted molar refractivity (Wildman–Crippen MR) is 110 cm³/mol. The molecule has 2 heterocycles. The van der Waals surface area contributed by atoms with Crippen LogP contribution in [0.3, 0.4) is 0 Å². The number of benzene rings is 2. The molecular formula is C19H17N3O6S2. The molecule has 0 spiro atoms. The summed E-state index contributed by atoms with van der Waals surface area (Å²) in [6, 6.07) is 11.7. The normalized spacial score (nSPS) is 13.6. The van der Waals surface area contributed by atoms with Crippen LogP contribution in [0.4, 0.5) is 5.69 Å². The van der Waals surface area contributed by atoms with Crippen molar-refractivity contribution in [3.63, 3.8) is 0 Å². The minimum absolute atomic E-state index is 0.0999. The third-order valence-corrected chi connectivity index (χ3v) is 6.70. The lowest BCUT2D eigenvalue weighted by Gasteiger charge is -2.11. The van der Waals surface area contributed by atoms with Crippen LogP contribution in [0.1, 0.15) is 12.1 Å². The van der Waals surface area contributed by atoms with E-state index in [-0.39, 0.29) is 18.0 Å². The van der Waals surface area contributed by atoms with Gasteiger partial charge in [0, 0.05) is 23.4 Å². The number of nitro benzene ring substituents is 1. The molecule has 156 valence electrons. The zero-order chi connectivity index (χ0) is 21.1. The Bertz CT molecular complexity index is 1180. The van der Waals surface area contributed by atoms with Gasteiger partial charge in [0.15, 0.2) is 16.4 Å². The SMILES string of the molecule is O=[N+]([O-])c1cc2c(cc1S(=O)(=O)NCc1csc(-c3ccccc3)n1)OCCCO2. The molecular weight excluding hydrogens is 430 g/mol. The first-order valence-electron chi connectivity index (χ1n) is 9.01. The Morgan fingerprint density at radius 1 is 1.13 bits per heavy atom. The molecule has 0 radical (unpaired) electrons. The summed E-state index contributed by atoms with van der Waals surface area (Å²) in [6.07, 6.45) is 0.594. The van der Waals surface area contributed by atoms with E-state index in [1.165, 1.54) is 11.3 Å². The molecule has 1 aliphatic rings. The first kappa shape index (κ1) is 20.3. The molecule has 1 aromatic heterocycles.